The Labute approximate surface area is 307 Å². The van der Waals surface area contributed by atoms with Gasteiger partial charge in [0.2, 0.25) is 35.4 Å². The molecular formula is C36H62N8O8. The van der Waals surface area contributed by atoms with Crippen LogP contribution >= 0.6 is 0 Å². The molecule has 0 unspecified atom stereocenters. The average molecular weight is 735 g/mol. The number of allylic oxidation sites excluding steroid dienone is 1. The molecule has 6 atom stereocenters. The van der Waals surface area contributed by atoms with E-state index in [9.17, 15) is 33.6 Å². The minimum Gasteiger partial charge on any atom is -0.460 e. The maximum atomic E-state index is 14.1. The standard InChI is InChI=1S/C36H62N8O8/c1-6-7-8-12-15-28-23(4)36(51)44(5)27(18-22(2)3)34(49)43-31(24-13-10-9-11-14-24)35(50)41-25(19-38)33(48)42-26(20-39-29(45)16-17-37)32(47)40-21-30(46)52-28/h18,23-28,31H,6-17,19-21,37-38H2,1-5H3,(H,39,45)(H,40,47)(H,41,50)(H,42,48)(H,43,49)/t23-,25+,26+,27+,28-,31+/m1/s1. The fraction of sp³-hybridized carbons (Fsp3) is 0.750. The zero-order chi connectivity index (χ0) is 38.8. The first kappa shape index (κ1) is 44.1. The molecule has 1 aliphatic heterocycles. The van der Waals surface area contributed by atoms with Crippen molar-refractivity contribution in [1.82, 2.24) is 31.5 Å². The third kappa shape index (κ3) is 14.2. The van der Waals surface area contributed by atoms with E-state index in [1.807, 2.05) is 0 Å². The van der Waals surface area contributed by atoms with E-state index >= 15 is 0 Å². The van der Waals surface area contributed by atoms with E-state index in [-0.39, 0.29) is 32.0 Å². The number of carbonyl (C=O) groups is 7. The molecule has 1 heterocycles. The number of likely N-dealkylation sites (N-methyl/N-ethyl adjacent to an activating group) is 1. The number of hydrogen-bond acceptors (Lipinski definition) is 10. The monoisotopic (exact) mass is 734 g/mol. The molecule has 9 N–H and O–H groups in total. The van der Waals surface area contributed by atoms with Crippen LogP contribution in [0, 0.1) is 11.8 Å². The summed E-state index contributed by atoms with van der Waals surface area (Å²) >= 11 is 0. The van der Waals surface area contributed by atoms with Crippen molar-refractivity contribution in [1.29, 1.82) is 0 Å². The normalized spacial score (nSPS) is 26.4. The molecule has 0 spiro atoms. The lowest BCUT2D eigenvalue weighted by Gasteiger charge is -2.34. The average Bonchev–Trinajstić information content (AvgIpc) is 3.12. The Morgan fingerprint density at radius 2 is 1.58 bits per heavy atom. The summed E-state index contributed by atoms with van der Waals surface area (Å²) in [4.78, 5) is 95.5. The number of hydrogen-bond donors (Lipinski definition) is 7. The van der Waals surface area contributed by atoms with Crippen LogP contribution in [-0.2, 0) is 38.3 Å². The number of nitrogens with one attached hydrogen (secondary N) is 5. The Bertz CT molecular complexity index is 1270. The second-order valence-electron chi connectivity index (χ2n) is 14.1. The van der Waals surface area contributed by atoms with Crippen LogP contribution in [0.2, 0.25) is 0 Å². The van der Waals surface area contributed by atoms with Gasteiger partial charge in [0.15, 0.2) is 0 Å². The molecule has 6 amide bonds. The highest BCUT2D eigenvalue weighted by Gasteiger charge is 2.38. The van der Waals surface area contributed by atoms with Gasteiger partial charge in [-0.05, 0) is 45.4 Å². The predicted molar refractivity (Wildman–Crippen MR) is 195 cm³/mol. The molecule has 2 aliphatic rings. The fourth-order valence-electron chi connectivity index (χ4n) is 6.49. The van der Waals surface area contributed by atoms with Crippen LogP contribution in [0.3, 0.4) is 0 Å². The van der Waals surface area contributed by atoms with E-state index in [0.717, 1.165) is 44.1 Å². The summed E-state index contributed by atoms with van der Waals surface area (Å²) in [6.45, 7) is 6.06. The summed E-state index contributed by atoms with van der Waals surface area (Å²) in [7, 11) is 1.50. The minimum absolute atomic E-state index is 0.0232. The molecule has 0 aromatic heterocycles. The van der Waals surface area contributed by atoms with Crippen LogP contribution in [0.1, 0.15) is 98.3 Å². The first-order chi connectivity index (χ1) is 24.7. The highest BCUT2D eigenvalue weighted by atomic mass is 16.5. The number of nitrogens with two attached hydrogens (primary N) is 2. The number of ether oxygens (including phenoxy) is 1. The molecule has 1 aliphatic carbocycles. The molecule has 0 radical (unpaired) electrons. The fourth-order valence-corrected chi connectivity index (χ4v) is 6.49. The first-order valence-corrected chi connectivity index (χ1v) is 18.7. The molecule has 16 heteroatoms. The third-order valence-electron chi connectivity index (χ3n) is 9.58. The summed E-state index contributed by atoms with van der Waals surface area (Å²) in [5.74, 6) is -5.66. The smallest absolute Gasteiger partial charge is 0.325 e. The Morgan fingerprint density at radius 1 is 0.904 bits per heavy atom. The highest BCUT2D eigenvalue weighted by Crippen LogP contribution is 2.27. The molecule has 0 bridgehead atoms. The van der Waals surface area contributed by atoms with Gasteiger partial charge in [-0.15, -0.1) is 0 Å². The van der Waals surface area contributed by atoms with Crippen molar-refractivity contribution in [3.8, 4) is 0 Å². The van der Waals surface area contributed by atoms with Crippen LogP contribution in [0.25, 0.3) is 0 Å². The van der Waals surface area contributed by atoms with E-state index in [0.29, 0.717) is 25.7 Å². The number of amides is 6. The second kappa shape index (κ2) is 22.8. The van der Waals surface area contributed by atoms with Crippen LogP contribution in [0.4, 0.5) is 0 Å². The Hall–Kier alpha value is -4.05. The lowest BCUT2D eigenvalue weighted by Crippen LogP contribution is -2.62. The summed E-state index contributed by atoms with van der Waals surface area (Å²) in [6.07, 6.45) is 8.58. The van der Waals surface area contributed by atoms with E-state index in [1.54, 1.807) is 26.8 Å². The maximum Gasteiger partial charge on any atom is 0.325 e. The van der Waals surface area contributed by atoms with Gasteiger partial charge in [-0.2, -0.15) is 0 Å². The summed E-state index contributed by atoms with van der Waals surface area (Å²) in [6, 6.07) is -4.83. The van der Waals surface area contributed by atoms with Crippen molar-refractivity contribution >= 4 is 41.4 Å². The summed E-state index contributed by atoms with van der Waals surface area (Å²) in [5, 5.41) is 13.0. The number of unbranched alkanes of at least 4 members (excludes halogenated alkanes) is 3. The van der Waals surface area contributed by atoms with Gasteiger partial charge in [-0.3, -0.25) is 33.6 Å². The van der Waals surface area contributed by atoms with Crippen LogP contribution in [0.5, 0.6) is 0 Å². The topological polar surface area (TPSA) is 244 Å². The van der Waals surface area contributed by atoms with Gasteiger partial charge in [0.25, 0.3) is 0 Å². The van der Waals surface area contributed by atoms with Crippen LogP contribution in [-0.4, -0.2) is 110 Å². The third-order valence-corrected chi connectivity index (χ3v) is 9.58. The van der Waals surface area contributed by atoms with Gasteiger partial charge >= 0.3 is 5.97 Å². The zero-order valence-corrected chi connectivity index (χ0v) is 31.6. The second-order valence-corrected chi connectivity index (χ2v) is 14.1. The SMILES string of the molecule is CCCCCC[C@H]1OC(=O)CNC(=O)[C@H](CNC(=O)CCN)NC(=O)[C@H](CN)NC(=O)[C@H](C2CCCCC2)NC(=O)[C@H](C=C(C)C)N(C)C(=O)[C@@H]1C. The van der Waals surface area contributed by atoms with E-state index in [2.05, 4.69) is 33.5 Å². The molecule has 52 heavy (non-hydrogen) atoms. The van der Waals surface area contributed by atoms with Crippen LogP contribution in [0.15, 0.2) is 11.6 Å². The van der Waals surface area contributed by atoms with E-state index < -0.39 is 84.1 Å². The van der Waals surface area contributed by atoms with Crippen molar-refractivity contribution in [2.75, 3.05) is 33.2 Å². The minimum atomic E-state index is -1.37. The number of carbonyl (C=O) groups excluding carboxylic acids is 7. The number of nitrogens with zero attached hydrogens (tertiary/aromatic N) is 1. The van der Waals surface area contributed by atoms with Gasteiger partial charge in [0.05, 0.1) is 5.92 Å². The van der Waals surface area contributed by atoms with E-state index in [4.69, 9.17) is 16.2 Å². The summed E-state index contributed by atoms with van der Waals surface area (Å²) in [5.41, 5.74) is 12.2. The quantitative estimate of drug-likeness (QED) is 0.0797. The largest absolute Gasteiger partial charge is 0.460 e. The lowest BCUT2D eigenvalue weighted by molar-refractivity contribution is -0.157. The van der Waals surface area contributed by atoms with Gasteiger partial charge in [0.1, 0.15) is 36.8 Å². The molecule has 2 rings (SSSR count). The molecule has 16 nitrogen and oxygen atoms in total. The van der Waals surface area contributed by atoms with Crippen molar-refractivity contribution in [2.45, 2.75) is 129 Å². The number of rotatable bonds is 12. The number of esters is 1. The van der Waals surface area contributed by atoms with Gasteiger partial charge in [-0.25, -0.2) is 0 Å². The lowest BCUT2D eigenvalue weighted by atomic mass is 9.83. The number of cyclic esters (lactones) is 1. The molecule has 1 saturated carbocycles. The summed E-state index contributed by atoms with van der Waals surface area (Å²) < 4.78 is 5.79. The molecule has 2 fully saturated rings. The Balaban J connectivity index is 2.58. The zero-order valence-electron chi connectivity index (χ0n) is 31.6. The molecule has 294 valence electrons. The van der Waals surface area contributed by atoms with Crippen molar-refractivity contribution in [3.63, 3.8) is 0 Å². The predicted octanol–water partition coefficient (Wildman–Crippen LogP) is -0.114. The molecule has 0 aromatic carbocycles. The van der Waals surface area contributed by atoms with Gasteiger partial charge < -0.3 is 47.7 Å². The van der Waals surface area contributed by atoms with Crippen molar-refractivity contribution in [2.24, 2.45) is 23.3 Å². The van der Waals surface area contributed by atoms with Crippen molar-refractivity contribution < 1.29 is 38.3 Å². The van der Waals surface area contributed by atoms with Crippen molar-refractivity contribution in [3.05, 3.63) is 11.6 Å². The van der Waals surface area contributed by atoms with Crippen LogP contribution < -0.4 is 38.1 Å². The van der Waals surface area contributed by atoms with Gasteiger partial charge in [0, 0.05) is 33.1 Å². The maximum absolute atomic E-state index is 14.1. The molecular weight excluding hydrogens is 672 g/mol. The Kier molecular flexibility index (Phi) is 19.3. The molecule has 0 aromatic rings. The van der Waals surface area contributed by atoms with E-state index in [1.165, 1.54) is 11.9 Å². The molecule has 1 saturated heterocycles. The Morgan fingerprint density at radius 3 is 2.19 bits per heavy atom. The first-order valence-electron chi connectivity index (χ1n) is 18.7. The van der Waals surface area contributed by atoms with Gasteiger partial charge in [-0.1, -0.05) is 64.0 Å². The highest BCUT2D eigenvalue weighted by molar-refractivity contribution is 5.97.